The van der Waals surface area contributed by atoms with Crippen LogP contribution in [0.5, 0.6) is 0 Å². The summed E-state index contributed by atoms with van der Waals surface area (Å²) in [5.41, 5.74) is 6.40. The number of hydrogen-bond donors (Lipinski definition) is 2. The predicted molar refractivity (Wildman–Crippen MR) is 67.7 cm³/mol. The Morgan fingerprint density at radius 1 is 1.47 bits per heavy atom. The second-order valence-electron chi connectivity index (χ2n) is 5.18. The molecule has 1 aromatic heterocycles. The molecule has 0 radical (unpaired) electrons. The Morgan fingerprint density at radius 3 is 2.59 bits per heavy atom. The van der Waals surface area contributed by atoms with Gasteiger partial charge in [0.2, 0.25) is 5.91 Å². The van der Waals surface area contributed by atoms with E-state index in [4.69, 9.17) is 5.73 Å². The van der Waals surface area contributed by atoms with E-state index in [0.29, 0.717) is 5.69 Å². The summed E-state index contributed by atoms with van der Waals surface area (Å²) in [7, 11) is 0. The summed E-state index contributed by atoms with van der Waals surface area (Å²) in [6.07, 6.45) is 1.50. The first-order valence-corrected chi connectivity index (χ1v) is 5.46. The Hall–Kier alpha value is -1.78. The second-order valence-corrected chi connectivity index (χ2v) is 5.18. The van der Waals surface area contributed by atoms with Gasteiger partial charge in [-0.25, -0.2) is 0 Å². The second kappa shape index (κ2) is 4.61. The topological polar surface area (TPSA) is 77.1 Å². The maximum atomic E-state index is 11.7. The molecule has 5 nitrogen and oxygen atoms in total. The summed E-state index contributed by atoms with van der Waals surface area (Å²) in [6.45, 7) is 7.41. The van der Waals surface area contributed by atoms with Gasteiger partial charge >= 0.3 is 0 Å². The van der Waals surface area contributed by atoms with E-state index >= 15 is 0 Å². The van der Waals surface area contributed by atoms with Gasteiger partial charge in [-0.1, -0.05) is 0 Å². The first-order valence-electron chi connectivity index (χ1n) is 5.46. The van der Waals surface area contributed by atoms with E-state index < -0.39 is 0 Å². The van der Waals surface area contributed by atoms with Gasteiger partial charge < -0.3 is 15.6 Å². The highest BCUT2D eigenvalue weighted by atomic mass is 16.2. The summed E-state index contributed by atoms with van der Waals surface area (Å²) < 4.78 is 1.31. The predicted octanol–water partition coefficient (Wildman–Crippen LogP) is 0.654. The minimum absolute atomic E-state index is 0.0133. The molecule has 0 fully saturated rings. The van der Waals surface area contributed by atoms with Gasteiger partial charge in [0.15, 0.2) is 0 Å². The van der Waals surface area contributed by atoms with Gasteiger partial charge in [0.1, 0.15) is 6.54 Å². The first kappa shape index (κ1) is 13.3. The third-order valence-electron chi connectivity index (χ3n) is 2.20. The summed E-state index contributed by atoms with van der Waals surface area (Å²) in [5, 5.41) is 2.79. The minimum atomic E-state index is -0.309. The number of nitrogens with two attached hydrogens (primary N) is 1. The van der Waals surface area contributed by atoms with Crippen molar-refractivity contribution in [1.82, 2.24) is 9.88 Å². The zero-order chi connectivity index (χ0) is 13.2. The van der Waals surface area contributed by atoms with Gasteiger partial charge in [0.05, 0.1) is 5.69 Å². The van der Waals surface area contributed by atoms with Crippen LogP contribution in [0.1, 0.15) is 26.3 Å². The molecule has 0 saturated carbocycles. The SMILES string of the molecule is Cc1cc(=O)n(CC(=O)NC(C)(C)C)cc1N. The molecule has 0 aromatic carbocycles. The van der Waals surface area contributed by atoms with Crippen LogP contribution in [0.2, 0.25) is 0 Å². The van der Waals surface area contributed by atoms with Gasteiger partial charge in [-0.15, -0.1) is 0 Å². The quantitative estimate of drug-likeness (QED) is 0.793. The number of amides is 1. The van der Waals surface area contributed by atoms with E-state index in [9.17, 15) is 9.59 Å². The van der Waals surface area contributed by atoms with Crippen LogP contribution in [0.15, 0.2) is 17.1 Å². The molecule has 1 amide bonds. The Kier molecular flexibility index (Phi) is 3.60. The molecule has 0 aliphatic heterocycles. The van der Waals surface area contributed by atoms with Crippen LogP contribution in [-0.2, 0) is 11.3 Å². The van der Waals surface area contributed by atoms with Crippen LogP contribution in [-0.4, -0.2) is 16.0 Å². The Bertz CT molecular complexity index is 484. The maximum absolute atomic E-state index is 11.7. The van der Waals surface area contributed by atoms with Crippen LogP contribution in [0.4, 0.5) is 5.69 Å². The average Bonchev–Trinajstić information content (AvgIpc) is 2.11. The molecule has 17 heavy (non-hydrogen) atoms. The number of carbonyl (C=O) groups excluding carboxylic acids is 1. The fraction of sp³-hybridized carbons (Fsp3) is 0.500. The van der Waals surface area contributed by atoms with Gasteiger partial charge in [0.25, 0.3) is 5.56 Å². The monoisotopic (exact) mass is 237 g/mol. The van der Waals surface area contributed by atoms with Crippen molar-refractivity contribution in [2.75, 3.05) is 5.73 Å². The number of carbonyl (C=O) groups is 1. The molecule has 94 valence electrons. The number of nitrogens with one attached hydrogen (secondary N) is 1. The molecule has 1 rings (SSSR count). The molecule has 0 aliphatic rings. The fourth-order valence-electron chi connectivity index (χ4n) is 1.42. The first-order chi connectivity index (χ1) is 7.69. The molecular formula is C12H19N3O2. The largest absolute Gasteiger partial charge is 0.397 e. The van der Waals surface area contributed by atoms with Gasteiger partial charge in [-0.3, -0.25) is 9.59 Å². The van der Waals surface area contributed by atoms with Crippen molar-refractivity contribution in [2.45, 2.75) is 39.8 Å². The number of nitrogens with zero attached hydrogens (tertiary/aromatic N) is 1. The van der Waals surface area contributed by atoms with Gasteiger partial charge in [-0.2, -0.15) is 0 Å². The third kappa shape index (κ3) is 3.94. The standard InChI is InChI=1S/C12H19N3O2/c1-8-5-11(17)15(6-9(8)13)7-10(16)14-12(2,3)4/h5-6H,7,13H2,1-4H3,(H,14,16). The summed E-state index contributed by atoms with van der Waals surface area (Å²) in [4.78, 5) is 23.3. The maximum Gasteiger partial charge on any atom is 0.251 e. The van der Waals surface area contributed by atoms with Crippen molar-refractivity contribution >= 4 is 11.6 Å². The van der Waals surface area contributed by atoms with Crippen molar-refractivity contribution in [3.05, 3.63) is 28.2 Å². The molecule has 1 aromatic rings. The van der Waals surface area contributed by atoms with Crippen LogP contribution >= 0.6 is 0 Å². The highest BCUT2D eigenvalue weighted by Crippen LogP contribution is 2.05. The average molecular weight is 237 g/mol. The van der Waals surface area contributed by atoms with Crippen molar-refractivity contribution in [3.8, 4) is 0 Å². The van der Waals surface area contributed by atoms with E-state index in [1.807, 2.05) is 20.8 Å². The molecule has 1 heterocycles. The van der Waals surface area contributed by atoms with Crippen molar-refractivity contribution in [2.24, 2.45) is 0 Å². The molecule has 0 aliphatic carbocycles. The highest BCUT2D eigenvalue weighted by Gasteiger charge is 2.14. The molecular weight excluding hydrogens is 218 g/mol. The Morgan fingerprint density at radius 2 is 2.06 bits per heavy atom. The fourth-order valence-corrected chi connectivity index (χ4v) is 1.42. The highest BCUT2D eigenvalue weighted by molar-refractivity contribution is 5.76. The summed E-state index contributed by atoms with van der Waals surface area (Å²) in [5.74, 6) is -0.206. The smallest absolute Gasteiger partial charge is 0.251 e. The lowest BCUT2D eigenvalue weighted by molar-refractivity contribution is -0.123. The van der Waals surface area contributed by atoms with Crippen molar-refractivity contribution in [3.63, 3.8) is 0 Å². The number of anilines is 1. The molecule has 0 saturated heterocycles. The van der Waals surface area contributed by atoms with E-state index in [1.165, 1.54) is 16.8 Å². The van der Waals surface area contributed by atoms with Crippen LogP contribution < -0.4 is 16.6 Å². The van der Waals surface area contributed by atoms with Crippen LogP contribution in [0.3, 0.4) is 0 Å². The van der Waals surface area contributed by atoms with Crippen LogP contribution in [0, 0.1) is 6.92 Å². The number of rotatable bonds is 2. The van der Waals surface area contributed by atoms with E-state index in [-0.39, 0.29) is 23.6 Å². The number of nitrogen functional groups attached to an aromatic ring is 1. The zero-order valence-electron chi connectivity index (χ0n) is 10.7. The molecule has 0 spiro atoms. The van der Waals surface area contributed by atoms with E-state index in [0.717, 1.165) is 5.56 Å². The Balaban J connectivity index is 2.86. The molecule has 5 heteroatoms. The van der Waals surface area contributed by atoms with E-state index in [1.54, 1.807) is 6.92 Å². The zero-order valence-corrected chi connectivity index (χ0v) is 10.7. The van der Waals surface area contributed by atoms with E-state index in [2.05, 4.69) is 5.32 Å². The minimum Gasteiger partial charge on any atom is -0.397 e. The lowest BCUT2D eigenvalue weighted by atomic mass is 10.1. The number of hydrogen-bond acceptors (Lipinski definition) is 3. The van der Waals surface area contributed by atoms with Crippen LogP contribution in [0.25, 0.3) is 0 Å². The number of aryl methyl sites for hydroxylation is 1. The molecule has 0 unspecified atom stereocenters. The molecule has 3 N–H and O–H groups in total. The third-order valence-corrected chi connectivity index (χ3v) is 2.20. The number of aromatic nitrogens is 1. The summed E-state index contributed by atoms with van der Waals surface area (Å²) >= 11 is 0. The van der Waals surface area contributed by atoms with Crippen molar-refractivity contribution < 1.29 is 4.79 Å². The van der Waals surface area contributed by atoms with Gasteiger partial charge in [-0.05, 0) is 33.3 Å². The lowest BCUT2D eigenvalue weighted by Crippen LogP contribution is -2.43. The van der Waals surface area contributed by atoms with Gasteiger partial charge in [0, 0.05) is 17.8 Å². The van der Waals surface area contributed by atoms with Crippen molar-refractivity contribution in [1.29, 1.82) is 0 Å². The lowest BCUT2D eigenvalue weighted by Gasteiger charge is -2.20. The Labute approximate surface area is 101 Å². The summed E-state index contributed by atoms with van der Waals surface area (Å²) in [6, 6.07) is 1.43. The number of pyridine rings is 1. The molecule has 0 bridgehead atoms. The molecule has 0 atom stereocenters. The normalized spacial score (nSPS) is 11.3.